The number of ketones is 1. The van der Waals surface area contributed by atoms with E-state index in [0.29, 0.717) is 151 Å². The highest BCUT2D eigenvalue weighted by atomic mass is 16.6. The summed E-state index contributed by atoms with van der Waals surface area (Å²) in [5.41, 5.74) is 0.296. The summed E-state index contributed by atoms with van der Waals surface area (Å²) in [6, 6.07) is 8.27. The van der Waals surface area contributed by atoms with Gasteiger partial charge in [-0.1, -0.05) is 134 Å². The van der Waals surface area contributed by atoms with Crippen molar-refractivity contribution < 1.29 is 71.2 Å². The Morgan fingerprint density at radius 2 is 0.523 bits per heavy atom. The van der Waals surface area contributed by atoms with Gasteiger partial charge in [-0.15, -0.1) is 0 Å². The third-order valence-electron chi connectivity index (χ3n) is 9.92. The van der Waals surface area contributed by atoms with Crippen LogP contribution in [0.1, 0.15) is 120 Å². The second kappa shape index (κ2) is 52.8. The molecule has 15 nitrogen and oxygen atoms in total. The summed E-state index contributed by atoms with van der Waals surface area (Å²) in [4.78, 5) is 23.7. The number of rotatable bonds is 55. The Balaban J connectivity index is 1.62. The average Bonchev–Trinajstić information content (AvgIpc) is 3.33. The molecule has 65 heavy (non-hydrogen) atoms. The first-order chi connectivity index (χ1) is 32.3. The van der Waals surface area contributed by atoms with Gasteiger partial charge in [0.05, 0.1) is 152 Å². The minimum Gasteiger partial charge on any atom is -0.457 e. The lowest BCUT2D eigenvalue weighted by Crippen LogP contribution is -2.20. The molecule has 0 fully saturated rings. The highest BCUT2D eigenvalue weighted by molar-refractivity contribution is 6.40. The summed E-state index contributed by atoms with van der Waals surface area (Å²) < 4.78 is 71.1. The smallest absolute Gasteiger partial charge is 0.379 e. The fraction of sp³-hybridized carbons (Fsp3) is 0.840. The van der Waals surface area contributed by atoms with Crippen LogP contribution in [0, 0.1) is 0 Å². The van der Waals surface area contributed by atoms with Gasteiger partial charge in [0.2, 0.25) is 0 Å². The lowest BCUT2D eigenvalue weighted by molar-refractivity contribution is -0.139. The predicted molar refractivity (Wildman–Crippen MR) is 251 cm³/mol. The van der Waals surface area contributed by atoms with Crippen LogP contribution in [-0.4, -0.2) is 177 Å². The van der Waals surface area contributed by atoms with E-state index in [1.54, 1.807) is 30.3 Å². The second-order valence-electron chi connectivity index (χ2n) is 15.5. The molecule has 0 amide bonds. The summed E-state index contributed by atoms with van der Waals surface area (Å²) in [7, 11) is 0. The zero-order valence-corrected chi connectivity index (χ0v) is 40.5. The van der Waals surface area contributed by atoms with E-state index in [1.807, 2.05) is 0 Å². The fourth-order valence-corrected chi connectivity index (χ4v) is 6.24. The van der Waals surface area contributed by atoms with Gasteiger partial charge in [-0.2, -0.15) is 0 Å². The van der Waals surface area contributed by atoms with Crippen LogP contribution in [-0.2, 0) is 66.4 Å². The van der Waals surface area contributed by atoms with Crippen molar-refractivity contribution in [1.82, 2.24) is 0 Å². The van der Waals surface area contributed by atoms with Gasteiger partial charge in [0.25, 0.3) is 5.78 Å². The molecule has 0 heterocycles. The number of unbranched alkanes of at least 4 members (excludes halogenated alkanes) is 15. The van der Waals surface area contributed by atoms with Crippen LogP contribution in [0.3, 0.4) is 0 Å². The number of carbonyl (C=O) groups is 2. The van der Waals surface area contributed by atoms with E-state index in [-0.39, 0.29) is 13.2 Å². The van der Waals surface area contributed by atoms with Crippen molar-refractivity contribution in [2.45, 2.75) is 110 Å². The molecule has 0 saturated heterocycles. The minimum absolute atomic E-state index is 0.00329. The monoisotopic (exact) mass is 931 g/mol. The number of carbonyl (C=O) groups excluding carboxylic acids is 2. The second-order valence-corrected chi connectivity index (χ2v) is 15.5. The first-order valence-electron chi connectivity index (χ1n) is 24.9. The van der Waals surface area contributed by atoms with Crippen LogP contribution < -0.4 is 0 Å². The molecule has 1 rings (SSSR count). The summed E-state index contributed by atoms with van der Waals surface area (Å²) >= 11 is 0. The molecule has 0 aromatic heterocycles. The zero-order chi connectivity index (χ0) is 46.5. The molecule has 0 radical (unpaired) electrons. The van der Waals surface area contributed by atoms with Crippen molar-refractivity contribution in [3.63, 3.8) is 0 Å². The third kappa shape index (κ3) is 46.8. The third-order valence-corrected chi connectivity index (χ3v) is 9.92. The Bertz CT molecular complexity index is 1100. The minimum atomic E-state index is -0.896. The summed E-state index contributed by atoms with van der Waals surface area (Å²) in [5.74, 6) is -1.57. The van der Waals surface area contributed by atoms with Crippen molar-refractivity contribution in [2.24, 2.45) is 0 Å². The summed E-state index contributed by atoms with van der Waals surface area (Å²) in [5, 5.41) is 0. The van der Waals surface area contributed by atoms with E-state index in [9.17, 15) is 9.59 Å². The van der Waals surface area contributed by atoms with Gasteiger partial charge in [-0.25, -0.2) is 4.79 Å². The number of ether oxygens (including phenoxy) is 13. The average molecular weight is 931 g/mol. The van der Waals surface area contributed by atoms with Gasteiger partial charge in [-0.3, -0.25) is 4.79 Å². The van der Waals surface area contributed by atoms with E-state index >= 15 is 0 Å². The Kier molecular flexibility index (Phi) is 49.5. The molecular formula is C50H90O15. The number of esters is 1. The van der Waals surface area contributed by atoms with Gasteiger partial charge in [-0.05, 0) is 6.42 Å². The van der Waals surface area contributed by atoms with Gasteiger partial charge in [0, 0.05) is 12.2 Å². The van der Waals surface area contributed by atoms with Crippen LogP contribution in [0.5, 0.6) is 0 Å². The molecule has 1 aromatic carbocycles. The van der Waals surface area contributed by atoms with Crippen LogP contribution in [0.25, 0.3) is 0 Å². The molecule has 0 aliphatic carbocycles. The van der Waals surface area contributed by atoms with E-state index < -0.39 is 11.8 Å². The van der Waals surface area contributed by atoms with E-state index in [4.69, 9.17) is 61.6 Å². The van der Waals surface area contributed by atoms with Gasteiger partial charge in [0.1, 0.15) is 6.61 Å². The number of hydrogen-bond acceptors (Lipinski definition) is 15. The molecule has 0 spiro atoms. The Labute approximate surface area is 392 Å². The topological polar surface area (TPSA) is 154 Å². The van der Waals surface area contributed by atoms with Crippen LogP contribution in [0.15, 0.2) is 30.3 Å². The highest BCUT2D eigenvalue weighted by Gasteiger charge is 2.17. The Hall–Kier alpha value is -2.12. The maximum Gasteiger partial charge on any atom is 0.379 e. The van der Waals surface area contributed by atoms with Crippen molar-refractivity contribution in [2.75, 3.05) is 165 Å². The molecule has 0 unspecified atom stereocenters. The van der Waals surface area contributed by atoms with Gasteiger partial charge < -0.3 is 61.6 Å². The van der Waals surface area contributed by atoms with E-state index in [0.717, 1.165) is 13.0 Å². The zero-order valence-electron chi connectivity index (χ0n) is 40.5. The number of Topliss-reactive ketones (excluding diaryl/α,β-unsaturated/α-hetero) is 1. The molecule has 1 aromatic rings. The first-order valence-corrected chi connectivity index (χ1v) is 24.9. The van der Waals surface area contributed by atoms with Gasteiger partial charge in [0.15, 0.2) is 0 Å². The molecular weight excluding hydrogens is 841 g/mol. The molecule has 0 N–H and O–H groups in total. The molecule has 0 aliphatic rings. The molecule has 0 saturated carbocycles. The van der Waals surface area contributed by atoms with Crippen molar-refractivity contribution >= 4 is 11.8 Å². The largest absolute Gasteiger partial charge is 0.457 e. The van der Waals surface area contributed by atoms with Crippen molar-refractivity contribution in [3.05, 3.63) is 35.9 Å². The predicted octanol–water partition coefficient (Wildman–Crippen LogP) is 7.87. The van der Waals surface area contributed by atoms with Gasteiger partial charge >= 0.3 is 5.97 Å². The lowest BCUT2D eigenvalue weighted by atomic mass is 10.0. The van der Waals surface area contributed by atoms with Crippen molar-refractivity contribution in [1.29, 1.82) is 0 Å². The van der Waals surface area contributed by atoms with Crippen molar-refractivity contribution in [3.8, 4) is 0 Å². The molecule has 0 atom stereocenters. The Morgan fingerprint density at radius 3 is 0.800 bits per heavy atom. The lowest BCUT2D eigenvalue weighted by Gasteiger charge is -2.09. The van der Waals surface area contributed by atoms with E-state index in [2.05, 4.69) is 6.92 Å². The van der Waals surface area contributed by atoms with Crippen LogP contribution >= 0.6 is 0 Å². The number of hydrogen-bond donors (Lipinski definition) is 0. The maximum atomic E-state index is 11.9. The standard InChI is InChI=1S/C50H90O15/c1-2-3-4-5-6-7-8-9-10-11-12-13-14-15-16-20-23-53-24-25-54-26-27-55-28-29-56-30-31-57-32-33-58-34-35-59-36-37-60-38-39-61-40-41-62-42-43-63-44-45-64-46-47-65-50(52)49(51)48-21-18-17-19-22-48/h17-19,21-22H,2-16,20,23-47H2,1H3. The van der Waals surface area contributed by atoms with Crippen LogP contribution in [0.2, 0.25) is 0 Å². The first kappa shape index (κ1) is 60.9. The SMILES string of the molecule is CCCCCCCCCCCCCCCCCCOCCOCCOCCOCCOCCOCCOCCOCCOCCOCCOCCOCCOC(=O)C(=O)c1ccccc1. The Morgan fingerprint density at radius 1 is 0.292 bits per heavy atom. The molecule has 0 bridgehead atoms. The summed E-state index contributed by atoms with van der Waals surface area (Å²) in [6.07, 6.45) is 22.1. The number of benzene rings is 1. The quantitative estimate of drug-likeness (QED) is 0.0269. The normalized spacial score (nSPS) is 11.5. The summed E-state index contributed by atoms with van der Waals surface area (Å²) in [6.45, 7) is 14.1. The molecule has 15 heteroatoms. The molecule has 0 aliphatic heterocycles. The molecule has 380 valence electrons. The maximum absolute atomic E-state index is 11.9. The highest BCUT2D eigenvalue weighted by Crippen LogP contribution is 2.14. The van der Waals surface area contributed by atoms with E-state index in [1.165, 1.54) is 96.3 Å². The fourth-order valence-electron chi connectivity index (χ4n) is 6.24. The van der Waals surface area contributed by atoms with Crippen LogP contribution in [0.4, 0.5) is 0 Å².